The van der Waals surface area contributed by atoms with Gasteiger partial charge in [0.05, 0.1) is 0 Å². The number of rotatable bonds is 16. The molecule has 0 amide bonds. The minimum Gasteiger partial charge on any atom is -0.101 e. The largest absolute Gasteiger partial charge is 0.211 e. The van der Waals surface area contributed by atoms with Crippen molar-refractivity contribution in [3.05, 3.63) is 0 Å². The summed E-state index contributed by atoms with van der Waals surface area (Å²) in [7, 11) is 0. The van der Waals surface area contributed by atoms with Gasteiger partial charge in [0.25, 0.3) is 0 Å². The zero-order valence-electron chi connectivity index (χ0n) is 14.0. The van der Waals surface area contributed by atoms with Gasteiger partial charge in [0.15, 0.2) is 0 Å². The Morgan fingerprint density at radius 2 is 0.684 bits per heavy atom. The van der Waals surface area contributed by atoms with E-state index in [1.54, 1.807) is 0 Å². The first-order chi connectivity index (χ1) is 9.41. The van der Waals surface area contributed by atoms with E-state index in [9.17, 15) is 0 Å². The SMILES string of the molecule is CCCCCCCCCCCCCCCCC[CH2][AlH2]. The fraction of sp³-hybridized carbons (Fsp3) is 1.00. The summed E-state index contributed by atoms with van der Waals surface area (Å²) in [6.07, 6.45) is 23.7. The standard InChI is InChI=1S/C18H37.Al.2H/c1-3-5-7-9-11-13-15-17-18-16-14-12-10-8-6-4-2;;;/h1,3-18H2,2H3;;;. The maximum atomic E-state index is 2.30. The summed E-state index contributed by atoms with van der Waals surface area (Å²) in [6.45, 7) is 2.30. The molecule has 0 saturated carbocycles. The molecule has 0 atom stereocenters. The number of unbranched alkanes of at least 4 members (excludes halogenated alkanes) is 15. The summed E-state index contributed by atoms with van der Waals surface area (Å²) < 4.78 is 0. The Morgan fingerprint density at radius 3 is 0.947 bits per heavy atom. The van der Waals surface area contributed by atoms with Crippen molar-refractivity contribution in [1.29, 1.82) is 0 Å². The van der Waals surface area contributed by atoms with Crippen molar-refractivity contribution in [2.24, 2.45) is 0 Å². The first-order valence-electron chi connectivity index (χ1n) is 9.41. The highest BCUT2D eigenvalue weighted by Gasteiger charge is 1.94. The summed E-state index contributed by atoms with van der Waals surface area (Å²) in [5, 5.41) is 1.51. The van der Waals surface area contributed by atoms with Crippen LogP contribution in [0.3, 0.4) is 0 Å². The average Bonchev–Trinajstić information content (AvgIpc) is 2.43. The first-order valence-corrected chi connectivity index (χ1v) is 10.8. The van der Waals surface area contributed by atoms with Crippen molar-refractivity contribution in [2.45, 2.75) is 115 Å². The number of hydrogen-bond acceptors (Lipinski definition) is 0. The molecule has 1 heteroatoms. The summed E-state index contributed by atoms with van der Waals surface area (Å²) >= 11 is 1.41. The molecule has 0 heterocycles. The lowest BCUT2D eigenvalue weighted by Gasteiger charge is -2.03. The second kappa shape index (κ2) is 18.5. The molecule has 0 N–H and O–H groups in total. The van der Waals surface area contributed by atoms with Crippen molar-refractivity contribution >= 4 is 16.3 Å². The predicted molar refractivity (Wildman–Crippen MR) is 92.9 cm³/mol. The van der Waals surface area contributed by atoms with Crippen molar-refractivity contribution in [2.75, 3.05) is 0 Å². The van der Waals surface area contributed by atoms with E-state index in [1.807, 2.05) is 0 Å². The second-order valence-electron chi connectivity index (χ2n) is 6.30. The van der Waals surface area contributed by atoms with Crippen molar-refractivity contribution in [1.82, 2.24) is 0 Å². The second-order valence-corrected chi connectivity index (χ2v) is 7.30. The van der Waals surface area contributed by atoms with Crippen LogP contribution in [0.25, 0.3) is 0 Å². The quantitative estimate of drug-likeness (QED) is 0.230. The Morgan fingerprint density at radius 1 is 0.421 bits per heavy atom. The lowest BCUT2D eigenvalue weighted by molar-refractivity contribution is 0.531. The Hall–Kier alpha value is 0.532. The van der Waals surface area contributed by atoms with Crippen LogP contribution in [0.4, 0.5) is 0 Å². The Kier molecular flexibility index (Phi) is 19.1. The molecule has 0 nitrogen and oxygen atoms in total. The van der Waals surface area contributed by atoms with Crippen LogP contribution in [0.2, 0.25) is 5.28 Å². The first kappa shape index (κ1) is 19.5. The zero-order valence-corrected chi connectivity index (χ0v) is 16.0. The molecule has 0 unspecified atom stereocenters. The molecule has 0 aliphatic rings. The highest BCUT2D eigenvalue weighted by Crippen LogP contribution is 2.13. The molecule has 0 saturated heterocycles. The van der Waals surface area contributed by atoms with E-state index in [1.165, 1.54) is 124 Å². The molecule has 0 radical (unpaired) electrons. The van der Waals surface area contributed by atoms with Gasteiger partial charge in [-0.1, -0.05) is 110 Å². The average molecular weight is 282 g/mol. The summed E-state index contributed by atoms with van der Waals surface area (Å²) in [5.74, 6) is 0. The normalized spacial score (nSPS) is 11.0. The molecule has 0 aromatic rings. The number of hydrogen-bond donors (Lipinski definition) is 0. The van der Waals surface area contributed by atoms with E-state index < -0.39 is 0 Å². The highest BCUT2D eigenvalue weighted by molar-refractivity contribution is 6.08. The van der Waals surface area contributed by atoms with Crippen LogP contribution >= 0.6 is 0 Å². The van der Waals surface area contributed by atoms with Gasteiger partial charge >= 0.3 is 0 Å². The van der Waals surface area contributed by atoms with Gasteiger partial charge < -0.3 is 0 Å². The Labute approximate surface area is 131 Å². The van der Waals surface area contributed by atoms with Gasteiger partial charge in [0.1, 0.15) is 0 Å². The molecule has 0 aliphatic heterocycles. The monoisotopic (exact) mass is 282 g/mol. The van der Waals surface area contributed by atoms with Gasteiger partial charge in [-0.3, -0.25) is 0 Å². The van der Waals surface area contributed by atoms with Crippen LogP contribution in [-0.4, -0.2) is 16.3 Å². The minimum atomic E-state index is 1.38. The highest BCUT2D eigenvalue weighted by atomic mass is 27.0. The molecule has 0 spiro atoms. The molecule has 0 rings (SSSR count). The molecule has 0 bridgehead atoms. The zero-order chi connectivity index (χ0) is 14.0. The minimum absolute atomic E-state index is 1.38. The topological polar surface area (TPSA) is 0 Å². The summed E-state index contributed by atoms with van der Waals surface area (Å²) in [6, 6.07) is 0. The molecular weight excluding hydrogens is 243 g/mol. The fourth-order valence-electron chi connectivity index (χ4n) is 2.80. The van der Waals surface area contributed by atoms with Crippen molar-refractivity contribution in [3.8, 4) is 0 Å². The maximum absolute atomic E-state index is 2.30. The van der Waals surface area contributed by atoms with Crippen LogP contribution in [0.5, 0.6) is 0 Å². The molecule has 0 aromatic heterocycles. The third-order valence-electron chi connectivity index (χ3n) is 4.21. The molecule has 0 aliphatic carbocycles. The maximum Gasteiger partial charge on any atom is 0.211 e. The lowest BCUT2D eigenvalue weighted by Crippen LogP contribution is -1.83. The van der Waals surface area contributed by atoms with E-state index >= 15 is 0 Å². The molecule has 0 aromatic carbocycles. The molecule has 19 heavy (non-hydrogen) atoms. The van der Waals surface area contributed by atoms with Gasteiger partial charge in [-0.2, -0.15) is 0 Å². The van der Waals surface area contributed by atoms with Gasteiger partial charge in [-0.25, -0.2) is 0 Å². The van der Waals surface area contributed by atoms with Crippen molar-refractivity contribution in [3.63, 3.8) is 0 Å². The van der Waals surface area contributed by atoms with Crippen LogP contribution in [0.15, 0.2) is 0 Å². The van der Waals surface area contributed by atoms with Gasteiger partial charge in [-0.05, 0) is 0 Å². The van der Waals surface area contributed by atoms with Gasteiger partial charge in [0.2, 0.25) is 16.3 Å². The third-order valence-corrected chi connectivity index (χ3v) is 4.91. The van der Waals surface area contributed by atoms with Crippen LogP contribution in [0.1, 0.15) is 110 Å². The Balaban J connectivity index is 2.88. The van der Waals surface area contributed by atoms with Crippen molar-refractivity contribution < 1.29 is 0 Å². The Bertz CT molecular complexity index is 129. The molecule has 114 valence electrons. The van der Waals surface area contributed by atoms with E-state index in [2.05, 4.69) is 6.92 Å². The summed E-state index contributed by atoms with van der Waals surface area (Å²) in [5.41, 5.74) is 0. The molecular formula is C18H39Al. The smallest absolute Gasteiger partial charge is 0.101 e. The van der Waals surface area contributed by atoms with E-state index in [0.29, 0.717) is 0 Å². The van der Waals surface area contributed by atoms with Gasteiger partial charge in [0, 0.05) is 0 Å². The van der Waals surface area contributed by atoms with Gasteiger partial charge in [-0.15, -0.1) is 5.28 Å². The lowest BCUT2D eigenvalue weighted by atomic mass is 10.0. The van der Waals surface area contributed by atoms with Crippen LogP contribution < -0.4 is 0 Å². The van der Waals surface area contributed by atoms with Crippen LogP contribution in [-0.2, 0) is 0 Å². The van der Waals surface area contributed by atoms with Crippen LogP contribution in [0, 0.1) is 0 Å². The van der Waals surface area contributed by atoms with E-state index in [4.69, 9.17) is 0 Å². The van der Waals surface area contributed by atoms with E-state index in [0.717, 1.165) is 0 Å². The summed E-state index contributed by atoms with van der Waals surface area (Å²) in [4.78, 5) is 0. The fourth-order valence-corrected chi connectivity index (χ4v) is 3.30. The molecule has 0 fully saturated rings. The predicted octanol–water partition coefficient (Wildman–Crippen LogP) is 6.30. The van der Waals surface area contributed by atoms with E-state index in [-0.39, 0.29) is 0 Å². The third kappa shape index (κ3) is 18.5.